The molecule has 5 nitrogen and oxygen atoms in total. The van der Waals surface area contributed by atoms with Crippen LogP contribution in [0.15, 0.2) is 24.3 Å². The van der Waals surface area contributed by atoms with Gasteiger partial charge in [0.15, 0.2) is 5.13 Å². The maximum absolute atomic E-state index is 12.7. The van der Waals surface area contributed by atoms with Gasteiger partial charge in [-0.1, -0.05) is 37.0 Å². The maximum atomic E-state index is 12.7. The van der Waals surface area contributed by atoms with E-state index in [0.29, 0.717) is 16.6 Å². The lowest BCUT2D eigenvalue weighted by atomic mass is 9.89. The number of nitrogens with zero attached hydrogens (tertiary/aromatic N) is 1. The predicted octanol–water partition coefficient (Wildman–Crippen LogP) is 4.43. The van der Waals surface area contributed by atoms with Crippen molar-refractivity contribution in [3.63, 3.8) is 0 Å². The first-order chi connectivity index (χ1) is 13.6. The second kappa shape index (κ2) is 8.43. The number of amides is 2. The number of thiazole rings is 1. The van der Waals surface area contributed by atoms with Crippen LogP contribution >= 0.6 is 11.3 Å². The van der Waals surface area contributed by atoms with Crippen molar-refractivity contribution in [2.75, 3.05) is 11.9 Å². The quantitative estimate of drug-likeness (QED) is 0.784. The fraction of sp³-hybridized carbons (Fsp3) is 0.500. The molecule has 6 heteroatoms. The topological polar surface area (TPSA) is 71.1 Å². The van der Waals surface area contributed by atoms with E-state index in [2.05, 4.69) is 15.6 Å². The van der Waals surface area contributed by atoms with E-state index in [-0.39, 0.29) is 17.7 Å². The number of aryl methyl sites for hydroxylation is 2. The zero-order chi connectivity index (χ0) is 19.5. The van der Waals surface area contributed by atoms with Crippen molar-refractivity contribution in [2.24, 2.45) is 5.92 Å². The lowest BCUT2D eigenvalue weighted by Crippen LogP contribution is -2.33. The molecular weight excluding hydrogens is 370 g/mol. The molecule has 2 aliphatic rings. The molecule has 0 saturated heterocycles. The first kappa shape index (κ1) is 19.1. The third-order valence-electron chi connectivity index (χ3n) is 5.86. The van der Waals surface area contributed by atoms with E-state index >= 15 is 0 Å². The van der Waals surface area contributed by atoms with Crippen LogP contribution in [0.3, 0.4) is 0 Å². The summed E-state index contributed by atoms with van der Waals surface area (Å²) < 4.78 is 0. The van der Waals surface area contributed by atoms with Gasteiger partial charge in [0.25, 0.3) is 5.91 Å². The van der Waals surface area contributed by atoms with Gasteiger partial charge in [0.1, 0.15) is 0 Å². The smallest absolute Gasteiger partial charge is 0.257 e. The van der Waals surface area contributed by atoms with Gasteiger partial charge in [-0.15, -0.1) is 11.3 Å². The van der Waals surface area contributed by atoms with Crippen molar-refractivity contribution in [2.45, 2.75) is 57.8 Å². The van der Waals surface area contributed by atoms with E-state index in [1.807, 2.05) is 31.2 Å². The van der Waals surface area contributed by atoms with E-state index in [1.165, 1.54) is 43.4 Å². The molecule has 0 bridgehead atoms. The Kier molecular flexibility index (Phi) is 5.76. The molecule has 148 valence electrons. The number of aromatic nitrogens is 1. The van der Waals surface area contributed by atoms with Crippen LogP contribution < -0.4 is 10.6 Å². The van der Waals surface area contributed by atoms with Crippen LogP contribution in [-0.4, -0.2) is 23.3 Å². The van der Waals surface area contributed by atoms with Gasteiger partial charge < -0.3 is 5.32 Å². The van der Waals surface area contributed by atoms with Gasteiger partial charge in [0, 0.05) is 17.0 Å². The first-order valence-corrected chi connectivity index (χ1v) is 11.1. The molecule has 1 heterocycles. The van der Waals surface area contributed by atoms with Crippen molar-refractivity contribution in [3.05, 3.63) is 46.0 Å². The Morgan fingerprint density at radius 3 is 2.61 bits per heavy atom. The number of carbonyl (C=O) groups is 2. The van der Waals surface area contributed by atoms with Crippen LogP contribution in [0.1, 0.15) is 70.9 Å². The predicted molar refractivity (Wildman–Crippen MR) is 112 cm³/mol. The van der Waals surface area contributed by atoms with Gasteiger partial charge in [0.05, 0.1) is 11.6 Å². The van der Waals surface area contributed by atoms with Crippen LogP contribution in [0.4, 0.5) is 5.13 Å². The third-order valence-corrected chi connectivity index (χ3v) is 6.90. The van der Waals surface area contributed by atoms with Gasteiger partial charge in [-0.05, 0) is 50.7 Å². The van der Waals surface area contributed by atoms with Crippen LogP contribution in [0.5, 0.6) is 0 Å². The van der Waals surface area contributed by atoms with E-state index in [1.54, 1.807) is 0 Å². The van der Waals surface area contributed by atoms with Crippen LogP contribution in [-0.2, 0) is 11.2 Å². The summed E-state index contributed by atoms with van der Waals surface area (Å²) in [5.74, 6) is 0.370. The molecule has 1 saturated carbocycles. The second-order valence-corrected chi connectivity index (χ2v) is 9.07. The average molecular weight is 398 g/mol. The molecule has 28 heavy (non-hydrogen) atoms. The fourth-order valence-electron chi connectivity index (χ4n) is 4.17. The first-order valence-electron chi connectivity index (χ1n) is 10.3. The minimum Gasteiger partial charge on any atom is -0.355 e. The molecule has 4 rings (SSSR count). The molecule has 0 radical (unpaired) electrons. The second-order valence-electron chi connectivity index (χ2n) is 7.99. The highest BCUT2D eigenvalue weighted by Crippen LogP contribution is 2.38. The maximum Gasteiger partial charge on any atom is 0.257 e. The fourth-order valence-corrected chi connectivity index (χ4v) is 5.20. The van der Waals surface area contributed by atoms with E-state index in [9.17, 15) is 9.59 Å². The molecule has 1 fully saturated rings. The number of anilines is 1. The number of rotatable bonds is 5. The lowest BCUT2D eigenvalue weighted by molar-refractivity contribution is -0.122. The van der Waals surface area contributed by atoms with Gasteiger partial charge in [0.2, 0.25) is 5.91 Å². The van der Waals surface area contributed by atoms with E-state index < -0.39 is 0 Å². The average Bonchev–Trinajstić information content (AvgIpc) is 3.27. The molecule has 2 N–H and O–H groups in total. The van der Waals surface area contributed by atoms with Crippen molar-refractivity contribution in [1.29, 1.82) is 0 Å². The Morgan fingerprint density at radius 1 is 1.11 bits per heavy atom. The number of nitrogens with one attached hydrogen (secondary N) is 2. The minimum atomic E-state index is -0.181. The SMILES string of the molecule is Cc1ccc(C(=O)Nc2nc3c(s2)CCC3C(=O)NCC2CCCCC2)cc1. The van der Waals surface area contributed by atoms with Crippen LogP contribution in [0.25, 0.3) is 0 Å². The largest absolute Gasteiger partial charge is 0.355 e. The lowest BCUT2D eigenvalue weighted by Gasteiger charge is -2.22. The molecule has 1 aromatic carbocycles. The summed E-state index contributed by atoms with van der Waals surface area (Å²) in [6, 6.07) is 7.47. The summed E-state index contributed by atoms with van der Waals surface area (Å²) in [5.41, 5.74) is 2.58. The Morgan fingerprint density at radius 2 is 1.86 bits per heavy atom. The van der Waals surface area contributed by atoms with Gasteiger partial charge >= 0.3 is 0 Å². The highest BCUT2D eigenvalue weighted by atomic mass is 32.1. The zero-order valence-electron chi connectivity index (χ0n) is 16.3. The molecule has 2 aromatic rings. The molecule has 0 aliphatic heterocycles. The molecule has 1 unspecified atom stereocenters. The molecule has 1 aromatic heterocycles. The third kappa shape index (κ3) is 4.27. The van der Waals surface area contributed by atoms with Crippen molar-refractivity contribution >= 4 is 28.3 Å². The minimum absolute atomic E-state index is 0.0889. The number of fused-ring (bicyclic) bond motifs is 1. The van der Waals surface area contributed by atoms with E-state index in [4.69, 9.17) is 0 Å². The Bertz CT molecular complexity index is 853. The molecule has 2 aliphatic carbocycles. The summed E-state index contributed by atoms with van der Waals surface area (Å²) in [4.78, 5) is 30.8. The molecular formula is C22H27N3O2S. The van der Waals surface area contributed by atoms with E-state index in [0.717, 1.165) is 35.5 Å². The van der Waals surface area contributed by atoms with Crippen molar-refractivity contribution in [3.8, 4) is 0 Å². The zero-order valence-corrected chi connectivity index (χ0v) is 17.1. The van der Waals surface area contributed by atoms with Gasteiger partial charge in [-0.2, -0.15) is 0 Å². The summed E-state index contributed by atoms with van der Waals surface area (Å²) in [7, 11) is 0. The number of hydrogen-bond donors (Lipinski definition) is 2. The molecule has 0 spiro atoms. The van der Waals surface area contributed by atoms with Gasteiger partial charge in [-0.3, -0.25) is 14.9 Å². The standard InChI is InChI=1S/C22H27N3O2S/c1-14-7-9-16(10-8-14)20(26)25-22-24-19-17(11-12-18(19)28-22)21(27)23-13-15-5-3-2-4-6-15/h7-10,15,17H,2-6,11-13H2,1H3,(H,23,27)(H,24,25,26). The highest BCUT2D eigenvalue weighted by molar-refractivity contribution is 7.16. The van der Waals surface area contributed by atoms with Crippen molar-refractivity contribution < 1.29 is 9.59 Å². The number of hydrogen-bond acceptors (Lipinski definition) is 4. The Balaban J connectivity index is 1.37. The Labute approximate surface area is 170 Å². The monoisotopic (exact) mass is 397 g/mol. The summed E-state index contributed by atoms with van der Waals surface area (Å²) in [6.07, 6.45) is 8.01. The molecule has 2 amide bonds. The summed E-state index contributed by atoms with van der Waals surface area (Å²) >= 11 is 1.49. The summed E-state index contributed by atoms with van der Waals surface area (Å²) in [5, 5.41) is 6.63. The number of benzene rings is 1. The Hall–Kier alpha value is -2.21. The van der Waals surface area contributed by atoms with Crippen molar-refractivity contribution in [1.82, 2.24) is 10.3 Å². The van der Waals surface area contributed by atoms with Crippen LogP contribution in [0.2, 0.25) is 0 Å². The van der Waals surface area contributed by atoms with Gasteiger partial charge in [-0.25, -0.2) is 4.98 Å². The molecule has 1 atom stereocenters. The normalized spacial score (nSPS) is 19.2. The van der Waals surface area contributed by atoms with Crippen LogP contribution in [0, 0.1) is 12.8 Å². The summed E-state index contributed by atoms with van der Waals surface area (Å²) in [6.45, 7) is 2.78. The number of carbonyl (C=O) groups excluding carboxylic acids is 2. The highest BCUT2D eigenvalue weighted by Gasteiger charge is 2.33.